The first kappa shape index (κ1) is 20.3. The number of nitrogens with zero attached hydrogens (tertiary/aromatic N) is 2. The van der Waals surface area contributed by atoms with Crippen LogP contribution in [0.1, 0.15) is 22.7 Å². The first-order chi connectivity index (χ1) is 15.4. The van der Waals surface area contributed by atoms with Gasteiger partial charge in [0.2, 0.25) is 5.91 Å². The van der Waals surface area contributed by atoms with Gasteiger partial charge < -0.3 is 0 Å². The van der Waals surface area contributed by atoms with Crippen LogP contribution in [0.3, 0.4) is 0 Å². The van der Waals surface area contributed by atoms with Crippen LogP contribution in [-0.2, 0) is 14.4 Å². The lowest BCUT2D eigenvalue weighted by Gasteiger charge is -2.29. The fourth-order valence-corrected chi connectivity index (χ4v) is 4.54. The number of para-hydroxylation sites is 1. The van der Waals surface area contributed by atoms with Crippen LogP contribution in [0.15, 0.2) is 66.7 Å². The van der Waals surface area contributed by atoms with Crippen molar-refractivity contribution in [3.8, 4) is 0 Å². The summed E-state index contributed by atoms with van der Waals surface area (Å²) in [5, 5.41) is 1.46. The monoisotopic (exact) mass is 434 g/mol. The van der Waals surface area contributed by atoms with Crippen LogP contribution in [0, 0.1) is 31.4 Å². The number of rotatable bonds is 3. The van der Waals surface area contributed by atoms with Crippen molar-refractivity contribution in [1.29, 1.82) is 0 Å². The Balaban J connectivity index is 1.61. The maximum absolute atomic E-state index is 14.1. The molecule has 2 aliphatic heterocycles. The SMILES string of the molecule is Cc1ccc(N2C(=O)[C@@H]3[C@@H](c4ccc(F)c(F)c4)N(c4ccccc4)O[C@H]3C2=O)c(C)c1. The number of fused-ring (bicyclic) bond motifs is 1. The predicted octanol–water partition coefficient (Wildman–Crippen LogP) is 4.63. The maximum Gasteiger partial charge on any atom is 0.266 e. The van der Waals surface area contributed by atoms with Gasteiger partial charge in [0.1, 0.15) is 5.92 Å². The summed E-state index contributed by atoms with van der Waals surface area (Å²) in [6.45, 7) is 3.76. The molecule has 2 aliphatic rings. The quantitative estimate of drug-likeness (QED) is 0.564. The van der Waals surface area contributed by atoms with Crippen LogP contribution in [-0.4, -0.2) is 17.9 Å². The number of halogens is 2. The number of carbonyl (C=O) groups excluding carboxylic acids is 2. The summed E-state index contributed by atoms with van der Waals surface area (Å²) >= 11 is 0. The number of hydrogen-bond acceptors (Lipinski definition) is 4. The van der Waals surface area contributed by atoms with E-state index in [2.05, 4.69) is 0 Å². The van der Waals surface area contributed by atoms with Crippen molar-refractivity contribution in [2.24, 2.45) is 5.92 Å². The van der Waals surface area contributed by atoms with Crippen LogP contribution in [0.4, 0.5) is 20.2 Å². The molecule has 2 heterocycles. The Labute approximate surface area is 183 Å². The molecule has 2 fully saturated rings. The van der Waals surface area contributed by atoms with Gasteiger partial charge in [-0.15, -0.1) is 0 Å². The molecule has 0 aromatic heterocycles. The number of imide groups is 1. The maximum atomic E-state index is 14.1. The fourth-order valence-electron chi connectivity index (χ4n) is 4.54. The average Bonchev–Trinajstić information content (AvgIpc) is 3.28. The van der Waals surface area contributed by atoms with Crippen LogP contribution in [0.25, 0.3) is 0 Å². The van der Waals surface area contributed by atoms with E-state index >= 15 is 0 Å². The number of carbonyl (C=O) groups is 2. The molecular weight excluding hydrogens is 414 g/mol. The van der Waals surface area contributed by atoms with Gasteiger partial charge in [-0.1, -0.05) is 42.0 Å². The third kappa shape index (κ3) is 3.08. The number of hydrogen-bond donors (Lipinski definition) is 0. The second-order valence-electron chi connectivity index (χ2n) is 8.13. The highest BCUT2D eigenvalue weighted by atomic mass is 19.2. The Morgan fingerprint density at radius 1 is 0.844 bits per heavy atom. The van der Waals surface area contributed by atoms with E-state index in [9.17, 15) is 18.4 Å². The summed E-state index contributed by atoms with van der Waals surface area (Å²) in [5.74, 6) is -3.82. The van der Waals surface area contributed by atoms with Gasteiger partial charge in [0.15, 0.2) is 17.7 Å². The summed E-state index contributed by atoms with van der Waals surface area (Å²) in [4.78, 5) is 34.1. The lowest BCUT2D eigenvalue weighted by Crippen LogP contribution is -2.37. The first-order valence-electron chi connectivity index (χ1n) is 10.3. The lowest BCUT2D eigenvalue weighted by atomic mass is 9.90. The Morgan fingerprint density at radius 3 is 2.28 bits per heavy atom. The molecule has 0 N–H and O–H groups in total. The Morgan fingerprint density at radius 2 is 1.59 bits per heavy atom. The topological polar surface area (TPSA) is 49.9 Å². The minimum absolute atomic E-state index is 0.351. The summed E-state index contributed by atoms with van der Waals surface area (Å²) in [6.07, 6.45) is -1.07. The Kier molecular flexibility index (Phi) is 4.78. The van der Waals surface area contributed by atoms with Crippen molar-refractivity contribution in [2.45, 2.75) is 26.0 Å². The first-order valence-corrected chi connectivity index (χ1v) is 10.3. The summed E-state index contributed by atoms with van der Waals surface area (Å²) in [5.41, 5.74) is 3.26. The van der Waals surface area contributed by atoms with Crippen molar-refractivity contribution in [1.82, 2.24) is 0 Å². The smallest absolute Gasteiger partial charge is 0.266 e. The van der Waals surface area contributed by atoms with Crippen LogP contribution < -0.4 is 9.96 Å². The summed E-state index contributed by atoms with van der Waals surface area (Å²) in [6, 6.07) is 17.1. The van der Waals surface area contributed by atoms with Crippen molar-refractivity contribution in [3.63, 3.8) is 0 Å². The molecule has 2 saturated heterocycles. The zero-order valence-electron chi connectivity index (χ0n) is 17.5. The van der Waals surface area contributed by atoms with Gasteiger partial charge in [-0.25, -0.2) is 18.7 Å². The molecule has 2 amide bonds. The van der Waals surface area contributed by atoms with Crippen molar-refractivity contribution in [2.75, 3.05) is 9.96 Å². The van der Waals surface area contributed by atoms with E-state index < -0.39 is 41.5 Å². The molecule has 32 heavy (non-hydrogen) atoms. The number of aryl methyl sites for hydroxylation is 2. The molecule has 0 saturated carbocycles. The minimum atomic E-state index is -1.07. The van der Waals surface area contributed by atoms with Gasteiger partial charge >= 0.3 is 0 Å². The highest BCUT2D eigenvalue weighted by molar-refractivity contribution is 6.24. The molecular formula is C25H20F2N2O3. The molecule has 0 unspecified atom stereocenters. The molecule has 5 rings (SSSR count). The standard InChI is InChI=1S/C25H20F2N2O3/c1-14-8-11-20(15(2)12-14)28-24(30)21-22(16-9-10-18(26)19(27)13-16)29(32-23(21)25(28)31)17-6-4-3-5-7-17/h3-13,21-23H,1-2H3/t21-,22-,23-/m1/s1. The van der Waals surface area contributed by atoms with Gasteiger partial charge in [0.25, 0.3) is 5.91 Å². The number of anilines is 2. The molecule has 3 aromatic rings. The van der Waals surface area contributed by atoms with Gasteiger partial charge in [-0.3, -0.25) is 14.4 Å². The van der Waals surface area contributed by atoms with Crippen LogP contribution in [0.5, 0.6) is 0 Å². The van der Waals surface area contributed by atoms with E-state index in [0.29, 0.717) is 16.9 Å². The summed E-state index contributed by atoms with van der Waals surface area (Å²) in [7, 11) is 0. The summed E-state index contributed by atoms with van der Waals surface area (Å²) < 4.78 is 27.7. The molecule has 3 atom stereocenters. The van der Waals surface area contributed by atoms with Crippen molar-refractivity contribution < 1.29 is 23.2 Å². The Hall–Kier alpha value is -3.58. The van der Waals surface area contributed by atoms with E-state index in [-0.39, 0.29) is 0 Å². The molecule has 0 radical (unpaired) electrons. The average molecular weight is 434 g/mol. The normalized spacial score (nSPS) is 22.6. The Bertz CT molecular complexity index is 1230. The molecule has 162 valence electrons. The van der Waals surface area contributed by atoms with Gasteiger partial charge in [0.05, 0.1) is 17.4 Å². The van der Waals surface area contributed by atoms with E-state index in [4.69, 9.17) is 4.84 Å². The largest absolute Gasteiger partial charge is 0.273 e. The second kappa shape index (κ2) is 7.53. The third-order valence-corrected chi connectivity index (χ3v) is 6.00. The molecule has 0 bridgehead atoms. The van der Waals surface area contributed by atoms with Gasteiger partial charge in [0, 0.05) is 0 Å². The van der Waals surface area contributed by atoms with E-state index in [0.717, 1.165) is 28.2 Å². The van der Waals surface area contributed by atoms with E-state index in [1.165, 1.54) is 11.1 Å². The lowest BCUT2D eigenvalue weighted by molar-refractivity contribution is -0.126. The molecule has 5 nitrogen and oxygen atoms in total. The van der Waals surface area contributed by atoms with Crippen LogP contribution >= 0.6 is 0 Å². The molecule has 0 spiro atoms. The minimum Gasteiger partial charge on any atom is -0.273 e. The van der Waals surface area contributed by atoms with Crippen molar-refractivity contribution in [3.05, 3.63) is 95.1 Å². The predicted molar refractivity (Wildman–Crippen MR) is 115 cm³/mol. The van der Waals surface area contributed by atoms with Gasteiger partial charge in [-0.2, -0.15) is 0 Å². The van der Waals surface area contributed by atoms with Crippen molar-refractivity contribution >= 4 is 23.2 Å². The van der Waals surface area contributed by atoms with Crippen LogP contribution in [0.2, 0.25) is 0 Å². The number of amides is 2. The van der Waals surface area contributed by atoms with E-state index in [1.807, 2.05) is 32.0 Å². The molecule has 3 aromatic carbocycles. The third-order valence-electron chi connectivity index (χ3n) is 6.00. The zero-order chi connectivity index (χ0) is 22.6. The highest BCUT2D eigenvalue weighted by Crippen LogP contribution is 2.48. The van der Waals surface area contributed by atoms with E-state index in [1.54, 1.807) is 30.3 Å². The zero-order valence-corrected chi connectivity index (χ0v) is 17.5. The number of hydroxylamine groups is 1. The van der Waals surface area contributed by atoms with Gasteiger partial charge in [-0.05, 0) is 55.3 Å². The number of benzene rings is 3. The fraction of sp³-hybridized carbons (Fsp3) is 0.200. The second-order valence-corrected chi connectivity index (χ2v) is 8.13. The molecule has 7 heteroatoms. The highest BCUT2D eigenvalue weighted by Gasteiger charge is 2.60. The molecule has 0 aliphatic carbocycles.